The SMILES string of the molecule is COCC(C)NC(=O)P(=O)(O)O. The van der Waals surface area contributed by atoms with Gasteiger partial charge in [-0.3, -0.25) is 4.79 Å². The highest BCUT2D eigenvalue weighted by Gasteiger charge is 2.26. The quantitative estimate of drug-likeness (QED) is 0.547. The van der Waals surface area contributed by atoms with Crippen molar-refractivity contribution < 1.29 is 23.9 Å². The van der Waals surface area contributed by atoms with E-state index in [2.05, 4.69) is 10.1 Å². The summed E-state index contributed by atoms with van der Waals surface area (Å²) >= 11 is 0. The molecule has 0 spiro atoms. The molecule has 3 N–H and O–H groups in total. The van der Waals surface area contributed by atoms with Gasteiger partial charge in [0.25, 0.3) is 0 Å². The van der Waals surface area contributed by atoms with Crippen LogP contribution in [0.4, 0.5) is 4.79 Å². The maximum atomic E-state index is 10.6. The topological polar surface area (TPSA) is 95.9 Å². The molecular weight excluding hydrogens is 185 g/mol. The Balaban J connectivity index is 3.93. The summed E-state index contributed by atoms with van der Waals surface area (Å²) in [6.45, 7) is 1.79. The van der Waals surface area contributed by atoms with E-state index < -0.39 is 19.3 Å². The van der Waals surface area contributed by atoms with Crippen molar-refractivity contribution in [3.63, 3.8) is 0 Å². The van der Waals surface area contributed by atoms with Crippen molar-refractivity contribution >= 4 is 13.2 Å². The van der Waals surface area contributed by atoms with Crippen LogP contribution in [-0.2, 0) is 9.30 Å². The van der Waals surface area contributed by atoms with Crippen molar-refractivity contribution in [3.8, 4) is 0 Å². The highest BCUT2D eigenvalue weighted by atomic mass is 31.2. The fourth-order valence-electron chi connectivity index (χ4n) is 0.587. The predicted octanol–water partition coefficient (Wildman–Crippen LogP) is -0.0914. The van der Waals surface area contributed by atoms with Gasteiger partial charge in [0, 0.05) is 13.2 Å². The number of carbonyl (C=O) groups excluding carboxylic acids is 1. The van der Waals surface area contributed by atoms with Crippen LogP contribution in [-0.4, -0.2) is 35.2 Å². The minimum absolute atomic E-state index is 0.214. The van der Waals surface area contributed by atoms with Crippen molar-refractivity contribution in [1.82, 2.24) is 5.32 Å². The zero-order valence-electron chi connectivity index (χ0n) is 6.85. The summed E-state index contributed by atoms with van der Waals surface area (Å²) in [7, 11) is -3.21. The monoisotopic (exact) mass is 197 g/mol. The lowest BCUT2D eigenvalue weighted by atomic mass is 10.4. The third-order valence-electron chi connectivity index (χ3n) is 1.05. The number of carbonyl (C=O) groups is 1. The van der Waals surface area contributed by atoms with Gasteiger partial charge < -0.3 is 19.8 Å². The van der Waals surface area contributed by atoms with Crippen molar-refractivity contribution in [2.24, 2.45) is 0 Å². The molecule has 0 radical (unpaired) electrons. The normalized spacial score (nSPS) is 14.0. The highest BCUT2D eigenvalue weighted by molar-refractivity contribution is 7.69. The van der Waals surface area contributed by atoms with Crippen LogP contribution in [0.3, 0.4) is 0 Å². The lowest BCUT2D eigenvalue weighted by molar-refractivity contribution is 0.173. The van der Waals surface area contributed by atoms with Crippen molar-refractivity contribution in [3.05, 3.63) is 0 Å². The van der Waals surface area contributed by atoms with E-state index in [9.17, 15) is 9.36 Å². The Morgan fingerprint density at radius 2 is 2.17 bits per heavy atom. The molecule has 1 amide bonds. The molecule has 7 heteroatoms. The van der Waals surface area contributed by atoms with E-state index in [1.807, 2.05) is 0 Å². The molecule has 0 saturated heterocycles. The Bertz CT molecular complexity index is 200. The van der Waals surface area contributed by atoms with Crippen molar-refractivity contribution in [2.75, 3.05) is 13.7 Å². The standard InChI is InChI=1S/C5H12NO5P/c1-4(3-11-2)6-5(7)12(8,9)10/h4H,3H2,1-2H3,(H,6,7)(H2,8,9,10). The molecule has 0 fully saturated rings. The summed E-state index contributed by atoms with van der Waals surface area (Å²) in [4.78, 5) is 27.3. The van der Waals surface area contributed by atoms with E-state index in [0.29, 0.717) is 0 Å². The molecule has 6 nitrogen and oxygen atoms in total. The van der Waals surface area contributed by atoms with Crippen LogP contribution in [0.2, 0.25) is 0 Å². The van der Waals surface area contributed by atoms with Crippen LogP contribution in [0.1, 0.15) is 6.92 Å². The number of hydrogen-bond donors (Lipinski definition) is 3. The third-order valence-corrected chi connectivity index (χ3v) is 1.71. The van der Waals surface area contributed by atoms with Gasteiger partial charge in [0.05, 0.1) is 6.61 Å². The smallest absolute Gasteiger partial charge is 0.383 e. The Labute approximate surface area is 70.1 Å². The number of amides is 1. The minimum atomic E-state index is -4.64. The molecule has 1 unspecified atom stereocenters. The van der Waals surface area contributed by atoms with E-state index in [1.54, 1.807) is 6.92 Å². The first kappa shape index (κ1) is 11.6. The number of ether oxygens (including phenoxy) is 1. The molecule has 0 saturated carbocycles. The van der Waals surface area contributed by atoms with Gasteiger partial charge in [0.2, 0.25) is 0 Å². The molecule has 0 bridgehead atoms. The van der Waals surface area contributed by atoms with Gasteiger partial charge in [-0.05, 0) is 6.92 Å². The molecule has 1 atom stereocenters. The highest BCUT2D eigenvalue weighted by Crippen LogP contribution is 2.34. The number of nitrogens with one attached hydrogen (secondary N) is 1. The summed E-state index contributed by atoms with van der Waals surface area (Å²) in [5, 5.41) is 2.09. The van der Waals surface area contributed by atoms with E-state index >= 15 is 0 Å². The van der Waals surface area contributed by atoms with Crippen LogP contribution in [0, 0.1) is 0 Å². The Morgan fingerprint density at radius 1 is 1.67 bits per heavy atom. The first-order valence-electron chi connectivity index (χ1n) is 3.23. The van der Waals surface area contributed by atoms with Gasteiger partial charge in [-0.1, -0.05) is 0 Å². The molecule has 0 aromatic rings. The molecule has 0 rings (SSSR count). The van der Waals surface area contributed by atoms with E-state index in [0.717, 1.165) is 0 Å². The van der Waals surface area contributed by atoms with Crippen LogP contribution in [0.25, 0.3) is 0 Å². The Morgan fingerprint density at radius 3 is 2.50 bits per heavy atom. The summed E-state index contributed by atoms with van der Waals surface area (Å²) in [6, 6.07) is -0.407. The average molecular weight is 197 g/mol. The molecule has 72 valence electrons. The second-order valence-electron chi connectivity index (χ2n) is 2.35. The van der Waals surface area contributed by atoms with E-state index in [-0.39, 0.29) is 6.61 Å². The van der Waals surface area contributed by atoms with Gasteiger partial charge in [-0.2, -0.15) is 0 Å². The second-order valence-corrected chi connectivity index (χ2v) is 3.84. The fourth-order valence-corrected chi connectivity index (χ4v) is 0.975. The molecule has 0 aromatic carbocycles. The Hall–Kier alpha value is -0.420. The van der Waals surface area contributed by atoms with Crippen LogP contribution < -0.4 is 5.32 Å². The largest absolute Gasteiger partial charge is 0.413 e. The molecule has 12 heavy (non-hydrogen) atoms. The molecule has 0 aliphatic carbocycles. The fraction of sp³-hybridized carbons (Fsp3) is 0.800. The lowest BCUT2D eigenvalue weighted by Crippen LogP contribution is -2.34. The zero-order chi connectivity index (χ0) is 9.78. The Kier molecular flexibility index (Phi) is 4.41. The van der Waals surface area contributed by atoms with Crippen LogP contribution >= 0.6 is 7.60 Å². The number of methoxy groups -OCH3 is 1. The van der Waals surface area contributed by atoms with Crippen LogP contribution in [0.15, 0.2) is 0 Å². The van der Waals surface area contributed by atoms with Gasteiger partial charge in [-0.25, -0.2) is 4.57 Å². The van der Waals surface area contributed by atoms with Crippen LogP contribution in [0.5, 0.6) is 0 Å². The van der Waals surface area contributed by atoms with Gasteiger partial charge in [0.1, 0.15) is 0 Å². The van der Waals surface area contributed by atoms with Gasteiger partial charge >= 0.3 is 13.2 Å². The third kappa shape index (κ3) is 4.46. The lowest BCUT2D eigenvalue weighted by Gasteiger charge is -2.12. The van der Waals surface area contributed by atoms with Crippen molar-refractivity contribution in [1.29, 1.82) is 0 Å². The van der Waals surface area contributed by atoms with Crippen molar-refractivity contribution in [2.45, 2.75) is 13.0 Å². The maximum Gasteiger partial charge on any atom is 0.413 e. The average Bonchev–Trinajstić information content (AvgIpc) is 1.85. The number of hydrogen-bond acceptors (Lipinski definition) is 3. The summed E-state index contributed by atoms with van der Waals surface area (Å²) in [6.07, 6.45) is 0. The molecule has 0 heterocycles. The van der Waals surface area contributed by atoms with Gasteiger partial charge in [0.15, 0.2) is 0 Å². The maximum absolute atomic E-state index is 10.6. The first-order valence-corrected chi connectivity index (χ1v) is 4.84. The van der Waals surface area contributed by atoms with E-state index in [4.69, 9.17) is 9.79 Å². The molecule has 0 aromatic heterocycles. The predicted molar refractivity (Wildman–Crippen MR) is 41.9 cm³/mol. The summed E-state index contributed by atoms with van der Waals surface area (Å²) in [5.41, 5.74) is -1.27. The first-order chi connectivity index (χ1) is 5.38. The second kappa shape index (κ2) is 4.57. The van der Waals surface area contributed by atoms with E-state index in [1.165, 1.54) is 7.11 Å². The minimum Gasteiger partial charge on any atom is -0.383 e. The zero-order valence-corrected chi connectivity index (χ0v) is 7.75. The summed E-state index contributed by atoms with van der Waals surface area (Å²) < 4.78 is 15.0. The van der Waals surface area contributed by atoms with Gasteiger partial charge in [-0.15, -0.1) is 0 Å². The molecular formula is C5H12NO5P. The summed E-state index contributed by atoms with van der Waals surface area (Å²) in [5.74, 6) is 0. The molecule has 0 aliphatic heterocycles. The molecule has 0 aliphatic rings. The number of rotatable bonds is 4.